The number of halogens is 1. The molecule has 1 fully saturated rings. The topological polar surface area (TPSA) is 118 Å². The predicted molar refractivity (Wildman–Crippen MR) is 118 cm³/mol. The number of furan rings is 1. The van der Waals surface area contributed by atoms with Crippen LogP contribution >= 0.6 is 0 Å². The Kier molecular flexibility index (Phi) is 6.49. The number of hydrogen-bond donors (Lipinski definition) is 2. The van der Waals surface area contributed by atoms with E-state index in [0.717, 1.165) is 4.90 Å². The summed E-state index contributed by atoms with van der Waals surface area (Å²) in [5.74, 6) is -1.61. The van der Waals surface area contributed by atoms with Gasteiger partial charge in [-0.15, -0.1) is 0 Å². The Morgan fingerprint density at radius 3 is 2.47 bits per heavy atom. The van der Waals surface area contributed by atoms with Crippen LogP contribution in [0.2, 0.25) is 0 Å². The Morgan fingerprint density at radius 2 is 1.79 bits per heavy atom. The maximum Gasteiger partial charge on any atom is 0.331 e. The second-order valence-corrected chi connectivity index (χ2v) is 7.20. The minimum absolute atomic E-state index is 0.116. The zero-order chi connectivity index (χ0) is 24.1. The molecule has 2 heterocycles. The number of amides is 5. The van der Waals surface area contributed by atoms with Crippen molar-refractivity contribution in [3.63, 3.8) is 0 Å². The largest absolute Gasteiger partial charge is 0.484 e. The van der Waals surface area contributed by atoms with Gasteiger partial charge >= 0.3 is 6.03 Å². The first-order valence-electron chi connectivity index (χ1n) is 10.1. The molecule has 0 unspecified atom stereocenters. The molecule has 172 valence electrons. The Morgan fingerprint density at radius 1 is 1.06 bits per heavy atom. The summed E-state index contributed by atoms with van der Waals surface area (Å²) in [7, 11) is 0. The van der Waals surface area contributed by atoms with Gasteiger partial charge in [0.15, 0.2) is 6.61 Å². The van der Waals surface area contributed by atoms with Crippen LogP contribution in [0.15, 0.2) is 76.9 Å². The fourth-order valence-electron chi connectivity index (χ4n) is 3.10. The quantitative estimate of drug-likeness (QED) is 0.411. The highest BCUT2D eigenvalue weighted by Gasteiger charge is 2.36. The first-order valence-corrected chi connectivity index (χ1v) is 10.1. The van der Waals surface area contributed by atoms with Crippen LogP contribution in [0.25, 0.3) is 6.08 Å². The molecule has 0 atom stereocenters. The average molecular weight is 463 g/mol. The van der Waals surface area contributed by atoms with Gasteiger partial charge in [0.2, 0.25) is 0 Å². The Bertz CT molecular complexity index is 1250. The van der Waals surface area contributed by atoms with Crippen LogP contribution in [0.3, 0.4) is 0 Å². The lowest BCUT2D eigenvalue weighted by Gasteiger charge is -2.25. The molecule has 0 aliphatic carbocycles. The van der Waals surface area contributed by atoms with Gasteiger partial charge in [0.1, 0.15) is 22.9 Å². The maximum absolute atomic E-state index is 12.9. The van der Waals surface area contributed by atoms with E-state index in [2.05, 4.69) is 10.6 Å². The van der Waals surface area contributed by atoms with Crippen molar-refractivity contribution in [2.75, 3.05) is 11.9 Å². The van der Waals surface area contributed by atoms with Crippen LogP contribution in [0.1, 0.15) is 11.3 Å². The number of urea groups is 1. The summed E-state index contributed by atoms with van der Waals surface area (Å²) in [6.45, 7) is -0.391. The molecule has 3 aromatic rings. The number of benzene rings is 2. The van der Waals surface area contributed by atoms with Crippen molar-refractivity contribution in [3.8, 4) is 5.75 Å². The van der Waals surface area contributed by atoms with E-state index in [1.54, 1.807) is 36.4 Å². The SMILES string of the molecule is O=C(COc1ccc(/C=C2\C(=O)NC(=O)N(Cc3ccco3)C2=O)cc1)Nc1ccc(F)cc1. The van der Waals surface area contributed by atoms with Crippen molar-refractivity contribution in [3.05, 3.63) is 89.6 Å². The van der Waals surface area contributed by atoms with Crippen molar-refractivity contribution in [1.82, 2.24) is 10.2 Å². The lowest BCUT2D eigenvalue weighted by Crippen LogP contribution is -2.53. The van der Waals surface area contributed by atoms with E-state index in [0.29, 0.717) is 22.8 Å². The van der Waals surface area contributed by atoms with Crippen molar-refractivity contribution >= 4 is 35.5 Å². The van der Waals surface area contributed by atoms with E-state index >= 15 is 0 Å². The third kappa shape index (κ3) is 5.36. The first-order chi connectivity index (χ1) is 16.4. The summed E-state index contributed by atoms with van der Waals surface area (Å²) in [6, 6.07) is 14.0. The molecule has 9 nitrogen and oxygen atoms in total. The second kappa shape index (κ2) is 9.82. The number of ether oxygens (including phenoxy) is 1. The van der Waals surface area contributed by atoms with E-state index in [4.69, 9.17) is 9.15 Å². The third-order valence-electron chi connectivity index (χ3n) is 4.77. The monoisotopic (exact) mass is 463 g/mol. The molecule has 2 N–H and O–H groups in total. The van der Waals surface area contributed by atoms with Gasteiger partial charge < -0.3 is 14.5 Å². The lowest BCUT2D eigenvalue weighted by molar-refractivity contribution is -0.130. The number of rotatable bonds is 7. The molecule has 0 spiro atoms. The molecule has 0 saturated carbocycles. The molecule has 2 aromatic carbocycles. The van der Waals surface area contributed by atoms with Gasteiger partial charge in [-0.2, -0.15) is 0 Å². The number of hydrogen-bond acceptors (Lipinski definition) is 6. The molecular formula is C24H18FN3O6. The zero-order valence-corrected chi connectivity index (χ0v) is 17.6. The Hall–Kier alpha value is -4.73. The Labute approximate surface area is 192 Å². The molecule has 5 amide bonds. The van der Waals surface area contributed by atoms with Crippen molar-refractivity contribution in [1.29, 1.82) is 0 Å². The minimum atomic E-state index is -0.828. The molecule has 1 aliphatic rings. The average Bonchev–Trinajstić information content (AvgIpc) is 3.34. The number of barbiturate groups is 1. The molecule has 4 rings (SSSR count). The highest BCUT2D eigenvalue weighted by Crippen LogP contribution is 2.19. The number of carbonyl (C=O) groups is 4. The number of anilines is 1. The predicted octanol–water partition coefficient (Wildman–Crippen LogP) is 3.10. The molecule has 0 radical (unpaired) electrons. The smallest absolute Gasteiger partial charge is 0.331 e. The van der Waals surface area contributed by atoms with Crippen LogP contribution in [0.5, 0.6) is 5.75 Å². The normalized spacial score (nSPS) is 14.8. The zero-order valence-electron chi connectivity index (χ0n) is 17.6. The van der Waals surface area contributed by atoms with Gasteiger partial charge in [-0.3, -0.25) is 24.6 Å². The molecule has 1 saturated heterocycles. The summed E-state index contributed by atoms with van der Waals surface area (Å²) < 4.78 is 23.5. The van der Waals surface area contributed by atoms with E-state index in [1.807, 2.05) is 0 Å². The van der Waals surface area contributed by atoms with Crippen LogP contribution in [0.4, 0.5) is 14.9 Å². The fourth-order valence-corrected chi connectivity index (χ4v) is 3.10. The van der Waals surface area contributed by atoms with E-state index < -0.39 is 29.6 Å². The standard InChI is InChI=1S/C24H18FN3O6/c25-16-5-7-17(8-6-16)26-21(29)14-34-18-9-3-15(4-10-18)12-20-22(30)27-24(32)28(23(20)31)13-19-2-1-11-33-19/h1-12H,13-14H2,(H,26,29)(H,27,30,32)/b20-12+. The number of nitrogens with one attached hydrogen (secondary N) is 2. The van der Waals surface area contributed by atoms with E-state index in [9.17, 15) is 23.6 Å². The first kappa shape index (κ1) is 22.5. The number of carbonyl (C=O) groups excluding carboxylic acids is 4. The van der Waals surface area contributed by atoms with Gasteiger partial charge in [-0.1, -0.05) is 12.1 Å². The molecule has 0 bridgehead atoms. The lowest BCUT2D eigenvalue weighted by atomic mass is 10.1. The third-order valence-corrected chi connectivity index (χ3v) is 4.77. The van der Waals surface area contributed by atoms with E-state index in [-0.39, 0.29) is 18.7 Å². The van der Waals surface area contributed by atoms with Gasteiger partial charge in [-0.05, 0) is 60.2 Å². The minimum Gasteiger partial charge on any atom is -0.484 e. The number of nitrogens with zero attached hydrogens (tertiary/aromatic N) is 1. The van der Waals surface area contributed by atoms with Gasteiger partial charge in [0.25, 0.3) is 17.7 Å². The van der Waals surface area contributed by atoms with Crippen LogP contribution in [0, 0.1) is 5.82 Å². The summed E-state index contributed by atoms with van der Waals surface area (Å²) in [6.07, 6.45) is 2.77. The van der Waals surface area contributed by atoms with Gasteiger partial charge in [-0.25, -0.2) is 9.18 Å². The highest BCUT2D eigenvalue weighted by molar-refractivity contribution is 6.30. The van der Waals surface area contributed by atoms with Crippen molar-refractivity contribution < 1.29 is 32.7 Å². The van der Waals surface area contributed by atoms with Crippen LogP contribution in [-0.4, -0.2) is 35.3 Å². The number of imide groups is 2. The molecule has 1 aliphatic heterocycles. The summed E-state index contributed by atoms with van der Waals surface area (Å²) in [5.41, 5.74) is 0.736. The van der Waals surface area contributed by atoms with Crippen LogP contribution < -0.4 is 15.4 Å². The molecule has 10 heteroatoms. The summed E-state index contributed by atoms with van der Waals surface area (Å²) in [5, 5.41) is 4.71. The summed E-state index contributed by atoms with van der Waals surface area (Å²) >= 11 is 0. The van der Waals surface area contributed by atoms with Crippen molar-refractivity contribution in [2.45, 2.75) is 6.54 Å². The van der Waals surface area contributed by atoms with Gasteiger partial charge in [0.05, 0.1) is 12.8 Å². The van der Waals surface area contributed by atoms with E-state index in [1.165, 1.54) is 36.6 Å². The van der Waals surface area contributed by atoms with Crippen LogP contribution in [-0.2, 0) is 20.9 Å². The second-order valence-electron chi connectivity index (χ2n) is 7.20. The molecular weight excluding hydrogens is 445 g/mol. The fraction of sp³-hybridized carbons (Fsp3) is 0.0833. The van der Waals surface area contributed by atoms with Crippen molar-refractivity contribution in [2.24, 2.45) is 0 Å². The highest BCUT2D eigenvalue weighted by atomic mass is 19.1. The molecule has 34 heavy (non-hydrogen) atoms. The maximum atomic E-state index is 12.9. The Balaban J connectivity index is 1.38. The molecule has 1 aromatic heterocycles. The summed E-state index contributed by atoms with van der Waals surface area (Å²) in [4.78, 5) is 49.9. The van der Waals surface area contributed by atoms with Gasteiger partial charge in [0, 0.05) is 5.69 Å².